The minimum atomic E-state index is 0.102. The van der Waals surface area contributed by atoms with E-state index in [1.54, 1.807) is 11.3 Å². The van der Waals surface area contributed by atoms with Gasteiger partial charge in [-0.3, -0.25) is 0 Å². The Morgan fingerprint density at radius 1 is 1.62 bits per heavy atom. The van der Waals surface area contributed by atoms with Gasteiger partial charge in [0.05, 0.1) is 8.79 Å². The fourth-order valence-electron chi connectivity index (χ4n) is 1.38. The van der Waals surface area contributed by atoms with Gasteiger partial charge in [-0.25, -0.2) is 0 Å². The van der Waals surface area contributed by atoms with Crippen LogP contribution in [0.3, 0.4) is 0 Å². The molecular formula is C9H13BrN2S. The van der Waals surface area contributed by atoms with Crippen LogP contribution in [0.15, 0.2) is 15.9 Å². The minimum Gasteiger partial charge on any atom is -0.365 e. The summed E-state index contributed by atoms with van der Waals surface area (Å²) in [4.78, 5) is 2.24. The van der Waals surface area contributed by atoms with E-state index in [2.05, 4.69) is 40.0 Å². The van der Waals surface area contributed by atoms with Crippen molar-refractivity contribution in [2.45, 2.75) is 18.4 Å². The molecule has 0 aliphatic heterocycles. The van der Waals surface area contributed by atoms with E-state index in [9.17, 15) is 0 Å². The first kappa shape index (κ1) is 9.49. The third kappa shape index (κ3) is 2.24. The average Bonchev–Trinajstić information content (AvgIpc) is 2.62. The molecule has 2 rings (SSSR count). The number of nitrogens with two attached hydrogens (primary N) is 1. The van der Waals surface area contributed by atoms with Gasteiger partial charge in [0.2, 0.25) is 0 Å². The van der Waals surface area contributed by atoms with Crippen LogP contribution in [-0.4, -0.2) is 19.1 Å². The van der Waals surface area contributed by atoms with Crippen molar-refractivity contribution in [2.75, 3.05) is 18.5 Å². The van der Waals surface area contributed by atoms with E-state index in [-0.39, 0.29) is 5.54 Å². The number of rotatable bonds is 3. The molecule has 1 aliphatic carbocycles. The molecule has 0 amide bonds. The summed E-state index contributed by atoms with van der Waals surface area (Å²) in [6, 6.07) is 4.20. The van der Waals surface area contributed by atoms with Crippen LogP contribution in [0.2, 0.25) is 0 Å². The summed E-state index contributed by atoms with van der Waals surface area (Å²) in [5.74, 6) is 0. The summed E-state index contributed by atoms with van der Waals surface area (Å²) in [6.45, 7) is 0.972. The van der Waals surface area contributed by atoms with E-state index >= 15 is 0 Å². The fourth-order valence-corrected chi connectivity index (χ4v) is 2.70. The maximum Gasteiger partial charge on any atom is 0.0918 e. The molecule has 1 saturated carbocycles. The number of hydrogen-bond acceptors (Lipinski definition) is 3. The van der Waals surface area contributed by atoms with Gasteiger partial charge in [-0.1, -0.05) is 0 Å². The van der Waals surface area contributed by atoms with Crippen molar-refractivity contribution >= 4 is 32.3 Å². The molecule has 1 heterocycles. The predicted octanol–water partition coefficient (Wildman–Crippen LogP) is 2.44. The van der Waals surface area contributed by atoms with Crippen LogP contribution >= 0.6 is 27.3 Å². The molecular weight excluding hydrogens is 248 g/mol. The van der Waals surface area contributed by atoms with Crippen LogP contribution in [0.1, 0.15) is 12.8 Å². The zero-order valence-electron chi connectivity index (χ0n) is 7.59. The smallest absolute Gasteiger partial charge is 0.0918 e. The Bertz CT molecular complexity index is 306. The molecule has 1 aliphatic rings. The highest BCUT2D eigenvalue weighted by atomic mass is 79.9. The molecule has 0 unspecified atom stereocenters. The normalized spacial score (nSPS) is 18.7. The van der Waals surface area contributed by atoms with E-state index < -0.39 is 0 Å². The Morgan fingerprint density at radius 2 is 2.31 bits per heavy atom. The van der Waals surface area contributed by atoms with Gasteiger partial charge < -0.3 is 10.6 Å². The van der Waals surface area contributed by atoms with Gasteiger partial charge in [0.25, 0.3) is 0 Å². The zero-order chi connectivity index (χ0) is 9.47. The van der Waals surface area contributed by atoms with Gasteiger partial charge in [0.15, 0.2) is 0 Å². The molecule has 0 spiro atoms. The predicted molar refractivity (Wildman–Crippen MR) is 61.4 cm³/mol. The number of hydrogen-bond donors (Lipinski definition) is 1. The van der Waals surface area contributed by atoms with Gasteiger partial charge in [0.1, 0.15) is 0 Å². The highest BCUT2D eigenvalue weighted by Crippen LogP contribution is 2.36. The fraction of sp³-hybridized carbons (Fsp3) is 0.556. The first-order valence-corrected chi connectivity index (χ1v) is 5.95. The van der Waals surface area contributed by atoms with Gasteiger partial charge in [0, 0.05) is 19.1 Å². The number of halogens is 1. The number of nitrogens with zero attached hydrogens (tertiary/aromatic N) is 1. The van der Waals surface area contributed by atoms with Crippen molar-refractivity contribution in [3.63, 3.8) is 0 Å². The Kier molecular flexibility index (Phi) is 2.38. The highest BCUT2D eigenvalue weighted by Gasteiger charge is 2.39. The van der Waals surface area contributed by atoms with Gasteiger partial charge in [-0.15, -0.1) is 11.3 Å². The topological polar surface area (TPSA) is 29.3 Å². The van der Waals surface area contributed by atoms with Gasteiger partial charge in [-0.05, 0) is 40.9 Å². The lowest BCUT2D eigenvalue weighted by molar-refractivity contribution is 0.663. The summed E-state index contributed by atoms with van der Waals surface area (Å²) in [5.41, 5.74) is 6.15. The standard InChI is InChI=1S/C9H13BrN2S/c1-12(6-9(11)4-5-9)8-3-2-7(10)13-8/h2-3H,4-6,11H2,1H3. The SMILES string of the molecule is CN(CC1(N)CC1)c1ccc(Br)s1. The molecule has 2 nitrogen and oxygen atoms in total. The molecule has 2 N–H and O–H groups in total. The maximum atomic E-state index is 6.04. The van der Waals surface area contributed by atoms with Crippen molar-refractivity contribution in [3.8, 4) is 0 Å². The molecule has 1 aromatic rings. The minimum absolute atomic E-state index is 0.102. The van der Waals surface area contributed by atoms with Crippen LogP contribution in [0.25, 0.3) is 0 Å². The number of likely N-dealkylation sites (N-methyl/N-ethyl adjacent to an activating group) is 1. The van der Waals surface area contributed by atoms with E-state index in [4.69, 9.17) is 5.73 Å². The Hall–Kier alpha value is -0.0600. The molecule has 13 heavy (non-hydrogen) atoms. The maximum absolute atomic E-state index is 6.04. The molecule has 0 aromatic carbocycles. The third-order valence-corrected chi connectivity index (χ3v) is 4.12. The van der Waals surface area contributed by atoms with E-state index in [1.165, 1.54) is 21.6 Å². The zero-order valence-corrected chi connectivity index (χ0v) is 9.99. The highest BCUT2D eigenvalue weighted by molar-refractivity contribution is 9.11. The lowest BCUT2D eigenvalue weighted by Crippen LogP contribution is -2.36. The van der Waals surface area contributed by atoms with Crippen LogP contribution in [0, 0.1) is 0 Å². The summed E-state index contributed by atoms with van der Waals surface area (Å²) in [7, 11) is 2.10. The van der Waals surface area contributed by atoms with Crippen LogP contribution < -0.4 is 10.6 Å². The van der Waals surface area contributed by atoms with Gasteiger partial charge >= 0.3 is 0 Å². The van der Waals surface area contributed by atoms with Crippen molar-refractivity contribution in [3.05, 3.63) is 15.9 Å². The second kappa shape index (κ2) is 3.26. The molecule has 0 bridgehead atoms. The second-order valence-corrected chi connectivity index (χ2v) is 6.24. The van der Waals surface area contributed by atoms with Crippen LogP contribution in [0.4, 0.5) is 5.00 Å². The van der Waals surface area contributed by atoms with Crippen molar-refractivity contribution < 1.29 is 0 Å². The van der Waals surface area contributed by atoms with Crippen molar-refractivity contribution in [1.82, 2.24) is 0 Å². The molecule has 1 fully saturated rings. The number of anilines is 1. The Labute approximate surface area is 90.9 Å². The van der Waals surface area contributed by atoms with Crippen molar-refractivity contribution in [2.24, 2.45) is 5.73 Å². The van der Waals surface area contributed by atoms with Gasteiger partial charge in [-0.2, -0.15) is 0 Å². The first-order chi connectivity index (χ1) is 6.09. The van der Waals surface area contributed by atoms with Crippen LogP contribution in [-0.2, 0) is 0 Å². The number of thiophene rings is 1. The largest absolute Gasteiger partial charge is 0.365 e. The summed E-state index contributed by atoms with van der Waals surface area (Å²) in [5, 5.41) is 1.28. The molecule has 0 saturated heterocycles. The summed E-state index contributed by atoms with van der Waals surface area (Å²) >= 11 is 5.21. The quantitative estimate of drug-likeness (QED) is 0.905. The monoisotopic (exact) mass is 260 g/mol. The van der Waals surface area contributed by atoms with E-state index in [0.717, 1.165) is 6.54 Å². The third-order valence-electron chi connectivity index (χ3n) is 2.38. The summed E-state index contributed by atoms with van der Waals surface area (Å²) < 4.78 is 1.18. The van der Waals surface area contributed by atoms with Crippen molar-refractivity contribution in [1.29, 1.82) is 0 Å². The molecule has 1 aromatic heterocycles. The van der Waals surface area contributed by atoms with Crippen LogP contribution in [0.5, 0.6) is 0 Å². The van der Waals surface area contributed by atoms with E-state index in [1.807, 2.05) is 0 Å². The second-order valence-electron chi connectivity index (χ2n) is 3.80. The molecule has 72 valence electrons. The average molecular weight is 261 g/mol. The molecule has 0 radical (unpaired) electrons. The summed E-state index contributed by atoms with van der Waals surface area (Å²) in [6.07, 6.45) is 2.34. The lowest BCUT2D eigenvalue weighted by Gasteiger charge is -2.20. The molecule has 0 atom stereocenters. The molecule has 4 heteroatoms. The lowest BCUT2D eigenvalue weighted by atomic mass is 10.3. The van der Waals surface area contributed by atoms with E-state index in [0.29, 0.717) is 0 Å². The first-order valence-electron chi connectivity index (χ1n) is 4.34. The Balaban J connectivity index is 2.00. The Morgan fingerprint density at radius 3 is 2.77 bits per heavy atom.